The zero-order valence-corrected chi connectivity index (χ0v) is 8.96. The van der Waals surface area contributed by atoms with Gasteiger partial charge in [-0.05, 0) is 13.8 Å². The molecule has 0 aromatic heterocycles. The molecular weight excluding hydrogens is 146 g/mol. The van der Waals surface area contributed by atoms with Crippen LogP contribution in [-0.2, 0) is 9.47 Å². The number of ether oxygens (including phenoxy) is 2. The summed E-state index contributed by atoms with van der Waals surface area (Å²) in [4.78, 5) is 0. The van der Waals surface area contributed by atoms with E-state index in [4.69, 9.17) is 15.2 Å². The first kappa shape index (κ1) is 10.1. The molecule has 3 nitrogen and oxygen atoms in total. The van der Waals surface area contributed by atoms with E-state index in [0.717, 1.165) is 10.2 Å². The average molecular weight is 163 g/mol. The van der Waals surface area contributed by atoms with Gasteiger partial charge in [0.25, 0.3) is 0 Å². The van der Waals surface area contributed by atoms with Gasteiger partial charge in [-0.1, -0.05) is 0 Å². The summed E-state index contributed by atoms with van der Waals surface area (Å²) in [6.07, 6.45) is -0.179. The Morgan fingerprint density at radius 2 is 1.70 bits per heavy atom. The van der Waals surface area contributed by atoms with E-state index in [2.05, 4.69) is 0 Å². The summed E-state index contributed by atoms with van der Waals surface area (Å²) in [7, 11) is 0.908. The van der Waals surface area contributed by atoms with Gasteiger partial charge in [0.05, 0.1) is 0 Å². The van der Waals surface area contributed by atoms with E-state index in [1.54, 1.807) is 0 Å². The van der Waals surface area contributed by atoms with Gasteiger partial charge in [0.2, 0.25) is 0 Å². The first-order chi connectivity index (χ1) is 4.72. The van der Waals surface area contributed by atoms with E-state index in [1.807, 2.05) is 13.8 Å². The molecule has 0 fully saturated rings. The number of hydrogen-bond acceptors (Lipinski definition) is 3. The van der Waals surface area contributed by atoms with Gasteiger partial charge in [-0.15, -0.1) is 0 Å². The minimum atomic E-state index is -0.179. The van der Waals surface area contributed by atoms with Crippen LogP contribution in [0.15, 0.2) is 0 Å². The van der Waals surface area contributed by atoms with E-state index in [-0.39, 0.29) is 12.0 Å². The second-order valence-corrected chi connectivity index (χ2v) is 3.47. The highest BCUT2D eigenvalue weighted by atomic mass is 28.1. The Balaban J connectivity index is 3.50. The van der Waals surface area contributed by atoms with Crippen molar-refractivity contribution in [1.29, 1.82) is 0 Å². The maximum absolute atomic E-state index is 5.62. The monoisotopic (exact) mass is 163 g/mol. The van der Waals surface area contributed by atoms with Crippen LogP contribution in [0, 0.1) is 0 Å². The third-order valence-electron chi connectivity index (χ3n) is 1.09. The lowest BCUT2D eigenvalue weighted by Gasteiger charge is -2.19. The average Bonchev–Trinajstić information content (AvgIpc) is 1.87. The minimum Gasteiger partial charge on any atom is -0.352 e. The van der Waals surface area contributed by atoms with Gasteiger partial charge in [0, 0.05) is 29.1 Å². The first-order valence-corrected chi connectivity index (χ1v) is 4.86. The van der Waals surface area contributed by atoms with Crippen molar-refractivity contribution in [3.8, 4) is 0 Å². The quantitative estimate of drug-likeness (QED) is 0.419. The van der Waals surface area contributed by atoms with Crippen LogP contribution in [0.5, 0.6) is 0 Å². The second kappa shape index (κ2) is 5.85. The van der Waals surface area contributed by atoms with Gasteiger partial charge < -0.3 is 15.2 Å². The highest BCUT2D eigenvalue weighted by Crippen LogP contribution is 1.95. The third kappa shape index (κ3) is 4.00. The molecule has 0 aromatic rings. The molecule has 0 rings (SSSR count). The smallest absolute Gasteiger partial charge is 0.168 e. The van der Waals surface area contributed by atoms with Crippen molar-refractivity contribution in [3.05, 3.63) is 0 Å². The van der Waals surface area contributed by atoms with Gasteiger partial charge in [0.15, 0.2) is 6.29 Å². The Hall–Kier alpha value is 0.0969. The van der Waals surface area contributed by atoms with Gasteiger partial charge in [-0.3, -0.25) is 0 Å². The van der Waals surface area contributed by atoms with E-state index in [0.29, 0.717) is 13.2 Å². The van der Waals surface area contributed by atoms with Crippen molar-refractivity contribution < 1.29 is 9.47 Å². The summed E-state index contributed by atoms with van der Waals surface area (Å²) in [5.74, 6) is 0. The van der Waals surface area contributed by atoms with Gasteiger partial charge in [-0.2, -0.15) is 0 Å². The molecule has 0 saturated carbocycles. The summed E-state index contributed by atoms with van der Waals surface area (Å²) in [6, 6.07) is 0. The van der Waals surface area contributed by atoms with Gasteiger partial charge in [0.1, 0.15) is 0 Å². The lowest BCUT2D eigenvalue weighted by atomic mass is 10.6. The topological polar surface area (TPSA) is 44.5 Å². The molecule has 0 aromatic carbocycles. The minimum absolute atomic E-state index is 0.0832. The van der Waals surface area contributed by atoms with Crippen molar-refractivity contribution >= 4 is 10.2 Å². The molecule has 0 aliphatic heterocycles. The molecule has 0 heterocycles. The Labute approximate surface area is 65.3 Å². The standard InChI is InChI=1S/C6H17NO2Si/c1-3-8-6(5(7)10)9-4-2/h5-6H,3-4,7H2,1-2,10H3. The Bertz CT molecular complexity index is 74.1. The Morgan fingerprint density at radius 3 is 1.90 bits per heavy atom. The molecule has 1 unspecified atom stereocenters. The van der Waals surface area contributed by atoms with Crippen LogP contribution < -0.4 is 5.73 Å². The summed E-state index contributed by atoms with van der Waals surface area (Å²) in [6.45, 7) is 5.22. The molecule has 10 heavy (non-hydrogen) atoms. The van der Waals surface area contributed by atoms with Crippen molar-refractivity contribution in [3.63, 3.8) is 0 Å². The zero-order valence-electron chi connectivity index (χ0n) is 6.96. The third-order valence-corrected chi connectivity index (χ3v) is 1.64. The summed E-state index contributed by atoms with van der Waals surface area (Å²) in [5, 5.41) is 0. The predicted molar refractivity (Wildman–Crippen MR) is 45.0 cm³/mol. The van der Waals surface area contributed by atoms with Crippen LogP contribution in [0.2, 0.25) is 0 Å². The van der Waals surface area contributed by atoms with Gasteiger partial charge in [-0.25, -0.2) is 0 Å². The highest BCUT2D eigenvalue weighted by Gasteiger charge is 2.11. The van der Waals surface area contributed by atoms with Gasteiger partial charge >= 0.3 is 0 Å². The first-order valence-electron chi connectivity index (χ1n) is 3.71. The molecule has 2 N–H and O–H groups in total. The molecule has 0 aliphatic carbocycles. The fraction of sp³-hybridized carbons (Fsp3) is 1.00. The fourth-order valence-electron chi connectivity index (χ4n) is 0.680. The largest absolute Gasteiger partial charge is 0.352 e. The van der Waals surface area contributed by atoms with E-state index in [9.17, 15) is 0 Å². The van der Waals surface area contributed by atoms with E-state index >= 15 is 0 Å². The van der Waals surface area contributed by atoms with Crippen LogP contribution in [-0.4, -0.2) is 35.4 Å². The van der Waals surface area contributed by atoms with Crippen molar-refractivity contribution in [2.75, 3.05) is 13.2 Å². The summed E-state index contributed by atoms with van der Waals surface area (Å²) < 4.78 is 10.5. The highest BCUT2D eigenvalue weighted by molar-refractivity contribution is 6.11. The molecule has 0 spiro atoms. The van der Waals surface area contributed by atoms with Crippen molar-refractivity contribution in [2.45, 2.75) is 25.8 Å². The molecule has 0 bridgehead atoms. The van der Waals surface area contributed by atoms with Crippen molar-refractivity contribution in [2.24, 2.45) is 5.73 Å². The fourth-order valence-corrected chi connectivity index (χ4v) is 1.07. The van der Waals surface area contributed by atoms with E-state index < -0.39 is 0 Å². The maximum Gasteiger partial charge on any atom is 0.168 e. The number of rotatable bonds is 5. The molecule has 0 amide bonds. The van der Waals surface area contributed by atoms with Crippen LogP contribution in [0.4, 0.5) is 0 Å². The lowest BCUT2D eigenvalue weighted by Crippen LogP contribution is -2.39. The molecule has 0 radical (unpaired) electrons. The lowest BCUT2D eigenvalue weighted by molar-refractivity contribution is -0.136. The van der Waals surface area contributed by atoms with Crippen LogP contribution in [0.3, 0.4) is 0 Å². The molecule has 0 aliphatic rings. The Morgan fingerprint density at radius 1 is 1.30 bits per heavy atom. The summed E-state index contributed by atoms with van der Waals surface area (Å²) in [5.41, 5.74) is 5.70. The second-order valence-electron chi connectivity index (χ2n) is 2.14. The number of nitrogens with two attached hydrogens (primary N) is 1. The summed E-state index contributed by atoms with van der Waals surface area (Å²) >= 11 is 0. The zero-order chi connectivity index (χ0) is 7.98. The van der Waals surface area contributed by atoms with E-state index in [1.165, 1.54) is 0 Å². The number of hydrogen-bond donors (Lipinski definition) is 1. The maximum atomic E-state index is 5.62. The van der Waals surface area contributed by atoms with Crippen LogP contribution in [0.1, 0.15) is 13.8 Å². The van der Waals surface area contributed by atoms with Crippen LogP contribution >= 0.6 is 0 Å². The Kier molecular flexibility index (Phi) is 5.91. The SMILES string of the molecule is CCOC(OCC)C(N)[SiH3]. The predicted octanol–water partition coefficient (Wildman–Crippen LogP) is -0.964. The molecule has 0 saturated heterocycles. The normalized spacial score (nSPS) is 14.4. The molecule has 4 heteroatoms. The molecular formula is C6H17NO2Si. The molecule has 1 atom stereocenters. The molecule has 62 valence electrons. The van der Waals surface area contributed by atoms with Crippen LogP contribution in [0.25, 0.3) is 0 Å². The van der Waals surface area contributed by atoms with Crippen molar-refractivity contribution in [1.82, 2.24) is 0 Å².